The fourth-order valence-electron chi connectivity index (χ4n) is 1.72. The normalized spacial score (nSPS) is 11.4. The summed E-state index contributed by atoms with van der Waals surface area (Å²) >= 11 is 0. The molecule has 124 valence electrons. The van der Waals surface area contributed by atoms with Crippen molar-refractivity contribution in [2.45, 2.75) is 39.8 Å². The summed E-state index contributed by atoms with van der Waals surface area (Å²) in [6.07, 6.45) is 1.76. The number of guanidine groups is 1. The third kappa shape index (κ3) is 8.16. The van der Waals surface area contributed by atoms with Crippen LogP contribution in [0.3, 0.4) is 0 Å². The van der Waals surface area contributed by atoms with Crippen LogP contribution in [0.5, 0.6) is 0 Å². The second-order valence-corrected chi connectivity index (χ2v) is 5.84. The lowest BCUT2D eigenvalue weighted by atomic mass is 10.1. The molecule has 1 aromatic rings. The van der Waals surface area contributed by atoms with E-state index in [0.29, 0.717) is 12.5 Å². The molecular weight excluding hydrogens is 393 g/mol. The van der Waals surface area contributed by atoms with Crippen molar-refractivity contribution in [2.75, 3.05) is 13.6 Å². The van der Waals surface area contributed by atoms with Gasteiger partial charge in [0.05, 0.1) is 18.8 Å². The summed E-state index contributed by atoms with van der Waals surface area (Å²) in [5, 5.41) is 9.01. The Labute approximate surface area is 149 Å². The number of aliphatic imine (C=N–C) groups is 1. The predicted octanol–water partition coefficient (Wildman–Crippen LogP) is 1.59. The van der Waals surface area contributed by atoms with Crippen LogP contribution in [0.4, 0.5) is 0 Å². The zero-order valence-electron chi connectivity index (χ0n) is 13.9. The van der Waals surface area contributed by atoms with Crippen LogP contribution in [0, 0.1) is 6.92 Å². The van der Waals surface area contributed by atoms with Crippen molar-refractivity contribution in [3.8, 4) is 0 Å². The van der Waals surface area contributed by atoms with Crippen LogP contribution >= 0.6 is 24.0 Å². The van der Waals surface area contributed by atoms with E-state index in [2.05, 4.69) is 25.9 Å². The molecule has 0 saturated heterocycles. The second-order valence-electron chi connectivity index (χ2n) is 5.84. The Kier molecular flexibility index (Phi) is 9.00. The Morgan fingerprint density at radius 2 is 2.00 bits per heavy atom. The molecule has 1 amide bonds. The fraction of sp³-hybridized carbons (Fsp3) is 0.533. The van der Waals surface area contributed by atoms with Crippen molar-refractivity contribution in [1.29, 1.82) is 0 Å². The maximum absolute atomic E-state index is 11.7. The number of carbonyl (C=O) groups is 1. The zero-order valence-corrected chi connectivity index (χ0v) is 16.2. The number of nitrogens with zero attached hydrogens (tertiary/aromatic N) is 2. The minimum absolute atomic E-state index is 0. The number of hydrogen-bond acceptors (Lipinski definition) is 3. The molecule has 0 atom stereocenters. The third-order valence-corrected chi connectivity index (χ3v) is 2.70. The SMILES string of the molecule is CN=C(NCC(=O)NC(C)(C)C)NCc1ncccc1C.I. The lowest BCUT2D eigenvalue weighted by Gasteiger charge is -2.21. The molecule has 0 saturated carbocycles. The van der Waals surface area contributed by atoms with E-state index in [1.165, 1.54) is 0 Å². The molecule has 22 heavy (non-hydrogen) atoms. The van der Waals surface area contributed by atoms with Crippen LogP contribution in [0.25, 0.3) is 0 Å². The Morgan fingerprint density at radius 3 is 2.55 bits per heavy atom. The van der Waals surface area contributed by atoms with Crippen molar-refractivity contribution in [2.24, 2.45) is 4.99 Å². The van der Waals surface area contributed by atoms with Crippen LogP contribution < -0.4 is 16.0 Å². The van der Waals surface area contributed by atoms with Gasteiger partial charge in [0.2, 0.25) is 5.91 Å². The van der Waals surface area contributed by atoms with Crippen molar-refractivity contribution in [1.82, 2.24) is 20.9 Å². The van der Waals surface area contributed by atoms with Gasteiger partial charge in [-0.25, -0.2) is 0 Å². The molecule has 0 spiro atoms. The van der Waals surface area contributed by atoms with Gasteiger partial charge in [-0.3, -0.25) is 14.8 Å². The number of aromatic nitrogens is 1. The lowest BCUT2D eigenvalue weighted by molar-refractivity contribution is -0.121. The number of pyridine rings is 1. The molecule has 7 heteroatoms. The van der Waals surface area contributed by atoms with Gasteiger partial charge in [0.25, 0.3) is 0 Å². The average Bonchev–Trinajstić information content (AvgIpc) is 2.38. The van der Waals surface area contributed by atoms with E-state index in [0.717, 1.165) is 11.3 Å². The number of aryl methyl sites for hydroxylation is 1. The Morgan fingerprint density at radius 1 is 1.32 bits per heavy atom. The van der Waals surface area contributed by atoms with Crippen molar-refractivity contribution < 1.29 is 4.79 Å². The smallest absolute Gasteiger partial charge is 0.239 e. The molecule has 1 rings (SSSR count). The number of rotatable bonds is 4. The lowest BCUT2D eigenvalue weighted by Crippen LogP contribution is -2.48. The molecular formula is C15H26IN5O. The van der Waals surface area contributed by atoms with Gasteiger partial charge in [0, 0.05) is 18.8 Å². The highest BCUT2D eigenvalue weighted by Gasteiger charge is 2.13. The number of carbonyl (C=O) groups excluding carboxylic acids is 1. The summed E-state index contributed by atoms with van der Waals surface area (Å²) in [5.74, 6) is 0.503. The molecule has 6 nitrogen and oxygen atoms in total. The van der Waals surface area contributed by atoms with Crippen molar-refractivity contribution in [3.05, 3.63) is 29.6 Å². The van der Waals surface area contributed by atoms with E-state index in [-0.39, 0.29) is 42.0 Å². The highest BCUT2D eigenvalue weighted by Crippen LogP contribution is 2.02. The molecule has 0 aliphatic carbocycles. The monoisotopic (exact) mass is 419 g/mol. The van der Waals surface area contributed by atoms with Crippen molar-refractivity contribution >= 4 is 35.8 Å². The summed E-state index contributed by atoms with van der Waals surface area (Å²) in [5.41, 5.74) is 1.84. The molecule has 1 heterocycles. The maximum Gasteiger partial charge on any atom is 0.239 e. The first-order valence-electron chi connectivity index (χ1n) is 6.98. The molecule has 0 fully saturated rings. The zero-order chi connectivity index (χ0) is 15.9. The van der Waals surface area contributed by atoms with Gasteiger partial charge < -0.3 is 16.0 Å². The topological polar surface area (TPSA) is 78.4 Å². The van der Waals surface area contributed by atoms with E-state index >= 15 is 0 Å². The fourth-order valence-corrected chi connectivity index (χ4v) is 1.72. The Bertz CT molecular complexity index is 511. The standard InChI is InChI=1S/C15H25N5O.HI/c1-11-7-6-8-17-12(11)9-18-14(16-5)19-10-13(21)20-15(2,3)4;/h6-8H,9-10H2,1-5H3,(H,20,21)(H2,16,18,19);1H. The molecule has 0 unspecified atom stereocenters. The van der Waals surface area contributed by atoms with E-state index in [1.807, 2.05) is 39.8 Å². The van der Waals surface area contributed by atoms with Gasteiger partial charge in [-0.05, 0) is 39.3 Å². The molecule has 0 aliphatic heterocycles. The van der Waals surface area contributed by atoms with Gasteiger partial charge >= 0.3 is 0 Å². The van der Waals surface area contributed by atoms with Crippen LogP contribution in [-0.2, 0) is 11.3 Å². The molecule has 3 N–H and O–H groups in total. The molecule has 0 bridgehead atoms. The summed E-state index contributed by atoms with van der Waals surface area (Å²) < 4.78 is 0. The Hall–Kier alpha value is -1.38. The number of halogens is 1. The predicted molar refractivity (Wildman–Crippen MR) is 100 cm³/mol. The third-order valence-electron chi connectivity index (χ3n) is 2.70. The van der Waals surface area contributed by atoms with Gasteiger partial charge in [-0.1, -0.05) is 6.07 Å². The van der Waals surface area contributed by atoms with Gasteiger partial charge in [0.1, 0.15) is 0 Å². The molecule has 0 aliphatic rings. The summed E-state index contributed by atoms with van der Waals surface area (Å²) in [7, 11) is 1.67. The van der Waals surface area contributed by atoms with Gasteiger partial charge in [-0.15, -0.1) is 24.0 Å². The second kappa shape index (κ2) is 9.60. The maximum atomic E-state index is 11.7. The van der Waals surface area contributed by atoms with E-state index in [1.54, 1.807) is 13.2 Å². The summed E-state index contributed by atoms with van der Waals surface area (Å²) in [4.78, 5) is 20.1. The van der Waals surface area contributed by atoms with Crippen LogP contribution in [0.15, 0.2) is 23.3 Å². The van der Waals surface area contributed by atoms with Crippen molar-refractivity contribution in [3.63, 3.8) is 0 Å². The number of amides is 1. The number of hydrogen-bond donors (Lipinski definition) is 3. The minimum atomic E-state index is -0.235. The van der Waals surface area contributed by atoms with Crippen LogP contribution in [0.1, 0.15) is 32.0 Å². The van der Waals surface area contributed by atoms with E-state index in [4.69, 9.17) is 0 Å². The van der Waals surface area contributed by atoms with Crippen LogP contribution in [-0.4, -0.2) is 36.0 Å². The van der Waals surface area contributed by atoms with E-state index < -0.39 is 0 Å². The molecule has 0 aromatic carbocycles. The molecule has 0 radical (unpaired) electrons. The number of nitrogens with one attached hydrogen (secondary N) is 3. The highest BCUT2D eigenvalue weighted by molar-refractivity contribution is 14.0. The summed E-state index contributed by atoms with van der Waals surface area (Å²) in [6, 6.07) is 3.92. The summed E-state index contributed by atoms with van der Waals surface area (Å²) in [6.45, 7) is 8.59. The van der Waals surface area contributed by atoms with Gasteiger partial charge in [-0.2, -0.15) is 0 Å². The first kappa shape index (κ1) is 20.6. The average molecular weight is 419 g/mol. The quantitative estimate of drug-likeness (QED) is 0.394. The largest absolute Gasteiger partial charge is 0.351 e. The first-order valence-corrected chi connectivity index (χ1v) is 6.98. The Balaban J connectivity index is 0.00000441. The van der Waals surface area contributed by atoms with E-state index in [9.17, 15) is 4.79 Å². The minimum Gasteiger partial charge on any atom is -0.351 e. The first-order chi connectivity index (χ1) is 9.81. The van der Waals surface area contributed by atoms with Crippen LogP contribution in [0.2, 0.25) is 0 Å². The van der Waals surface area contributed by atoms with Gasteiger partial charge in [0.15, 0.2) is 5.96 Å². The molecule has 1 aromatic heterocycles. The highest BCUT2D eigenvalue weighted by atomic mass is 127.